The number of hydrogen-bond acceptors (Lipinski definition) is 3. The molecule has 3 rings (SSSR count). The molecule has 4 unspecified atom stereocenters. The zero-order chi connectivity index (χ0) is 13.4. The standard InChI is InChI=1S/C16H26N2O/c1-4-17-10-12-7-8-18(3)16(12)15-6-5-14(19-15)13-9-11(13)2/h5-6,11-13,16-17H,4,7-10H2,1-3H3. The Morgan fingerprint density at radius 1 is 1.37 bits per heavy atom. The first-order valence-electron chi connectivity index (χ1n) is 7.71. The van der Waals surface area contributed by atoms with E-state index >= 15 is 0 Å². The van der Waals surface area contributed by atoms with Gasteiger partial charge in [0, 0.05) is 5.92 Å². The molecule has 0 amide bonds. The molecule has 3 nitrogen and oxygen atoms in total. The minimum absolute atomic E-state index is 0.460. The molecular formula is C16H26N2O. The summed E-state index contributed by atoms with van der Waals surface area (Å²) in [5.74, 6) is 4.58. The summed E-state index contributed by atoms with van der Waals surface area (Å²) in [6.07, 6.45) is 2.57. The van der Waals surface area contributed by atoms with Gasteiger partial charge in [-0.25, -0.2) is 0 Å². The quantitative estimate of drug-likeness (QED) is 0.884. The third-order valence-electron chi connectivity index (χ3n) is 4.84. The molecule has 19 heavy (non-hydrogen) atoms. The maximum atomic E-state index is 6.17. The predicted molar refractivity (Wildman–Crippen MR) is 77.3 cm³/mol. The zero-order valence-electron chi connectivity index (χ0n) is 12.4. The minimum atomic E-state index is 0.460. The van der Waals surface area contributed by atoms with Gasteiger partial charge in [0.05, 0.1) is 6.04 Å². The smallest absolute Gasteiger partial charge is 0.121 e. The Bertz CT molecular complexity index is 428. The number of likely N-dealkylation sites (tertiary alicyclic amines) is 1. The predicted octanol–water partition coefficient (Wildman–Crippen LogP) is 3.01. The van der Waals surface area contributed by atoms with Crippen molar-refractivity contribution in [1.29, 1.82) is 0 Å². The summed E-state index contributed by atoms with van der Waals surface area (Å²) in [6.45, 7) is 7.81. The highest BCUT2D eigenvalue weighted by Gasteiger charge is 2.39. The molecule has 0 aromatic carbocycles. The van der Waals surface area contributed by atoms with Gasteiger partial charge in [-0.05, 0) is 63.5 Å². The van der Waals surface area contributed by atoms with Crippen LogP contribution in [0.3, 0.4) is 0 Å². The maximum Gasteiger partial charge on any atom is 0.121 e. The first kappa shape index (κ1) is 13.2. The second-order valence-corrected chi connectivity index (χ2v) is 6.34. The van der Waals surface area contributed by atoms with Crippen molar-refractivity contribution in [3.63, 3.8) is 0 Å². The van der Waals surface area contributed by atoms with E-state index in [1.165, 1.54) is 30.9 Å². The molecule has 3 heteroatoms. The van der Waals surface area contributed by atoms with Gasteiger partial charge < -0.3 is 9.73 Å². The van der Waals surface area contributed by atoms with Gasteiger partial charge in [0.25, 0.3) is 0 Å². The van der Waals surface area contributed by atoms with Crippen LogP contribution >= 0.6 is 0 Å². The van der Waals surface area contributed by atoms with Crippen molar-refractivity contribution in [3.8, 4) is 0 Å². The van der Waals surface area contributed by atoms with Gasteiger partial charge in [-0.15, -0.1) is 0 Å². The molecule has 2 heterocycles. The average molecular weight is 262 g/mol. The SMILES string of the molecule is CCNCC1CCN(C)C1c1ccc(C2CC2C)o1. The van der Waals surface area contributed by atoms with E-state index in [2.05, 4.69) is 43.2 Å². The molecule has 1 saturated heterocycles. The van der Waals surface area contributed by atoms with Gasteiger partial charge in [-0.3, -0.25) is 4.90 Å². The van der Waals surface area contributed by atoms with Gasteiger partial charge in [-0.2, -0.15) is 0 Å². The molecular weight excluding hydrogens is 236 g/mol. The van der Waals surface area contributed by atoms with E-state index in [0.29, 0.717) is 17.9 Å². The summed E-state index contributed by atoms with van der Waals surface area (Å²) >= 11 is 0. The van der Waals surface area contributed by atoms with Crippen LogP contribution in [0.25, 0.3) is 0 Å². The summed E-state index contributed by atoms with van der Waals surface area (Å²) in [4.78, 5) is 2.45. The van der Waals surface area contributed by atoms with Crippen molar-refractivity contribution < 1.29 is 4.42 Å². The molecule has 106 valence electrons. The number of nitrogens with zero attached hydrogens (tertiary/aromatic N) is 1. The Morgan fingerprint density at radius 3 is 2.79 bits per heavy atom. The second-order valence-electron chi connectivity index (χ2n) is 6.34. The lowest BCUT2D eigenvalue weighted by molar-refractivity contribution is 0.231. The van der Waals surface area contributed by atoms with E-state index in [9.17, 15) is 0 Å². The van der Waals surface area contributed by atoms with Crippen molar-refractivity contribution in [1.82, 2.24) is 10.2 Å². The van der Waals surface area contributed by atoms with E-state index in [0.717, 1.165) is 19.0 Å². The molecule has 1 saturated carbocycles. The Labute approximate surface area is 116 Å². The zero-order valence-corrected chi connectivity index (χ0v) is 12.4. The highest BCUT2D eigenvalue weighted by molar-refractivity contribution is 5.20. The van der Waals surface area contributed by atoms with Crippen molar-refractivity contribution in [2.45, 2.75) is 38.6 Å². The highest BCUT2D eigenvalue weighted by atomic mass is 16.3. The van der Waals surface area contributed by atoms with Crippen LogP contribution in [0.5, 0.6) is 0 Å². The van der Waals surface area contributed by atoms with Crippen LogP contribution < -0.4 is 5.32 Å². The Morgan fingerprint density at radius 2 is 2.11 bits per heavy atom. The van der Waals surface area contributed by atoms with Crippen LogP contribution in [0.4, 0.5) is 0 Å². The summed E-state index contributed by atoms with van der Waals surface area (Å²) in [5, 5.41) is 3.49. The summed E-state index contributed by atoms with van der Waals surface area (Å²) in [7, 11) is 2.22. The second kappa shape index (κ2) is 5.29. The molecule has 1 aliphatic heterocycles. The molecule has 0 bridgehead atoms. The van der Waals surface area contributed by atoms with Crippen molar-refractivity contribution in [2.75, 3.05) is 26.7 Å². The summed E-state index contributed by atoms with van der Waals surface area (Å²) in [6, 6.07) is 4.88. The number of hydrogen-bond donors (Lipinski definition) is 1. The molecule has 1 aromatic heterocycles. The van der Waals surface area contributed by atoms with Crippen LogP contribution in [-0.2, 0) is 0 Å². The van der Waals surface area contributed by atoms with Gasteiger partial charge in [0.2, 0.25) is 0 Å². The Hall–Kier alpha value is -0.800. The molecule has 0 radical (unpaired) electrons. The first-order chi connectivity index (χ1) is 9.20. The van der Waals surface area contributed by atoms with E-state index in [4.69, 9.17) is 4.42 Å². The highest BCUT2D eigenvalue weighted by Crippen LogP contribution is 2.48. The van der Waals surface area contributed by atoms with Crippen LogP contribution in [-0.4, -0.2) is 31.6 Å². The third kappa shape index (κ3) is 2.59. The van der Waals surface area contributed by atoms with Crippen molar-refractivity contribution in [3.05, 3.63) is 23.7 Å². The van der Waals surface area contributed by atoms with Crippen molar-refractivity contribution >= 4 is 0 Å². The van der Waals surface area contributed by atoms with E-state index < -0.39 is 0 Å². The van der Waals surface area contributed by atoms with Crippen LogP contribution in [0.2, 0.25) is 0 Å². The Kier molecular flexibility index (Phi) is 3.68. The molecule has 1 N–H and O–H groups in total. The maximum absolute atomic E-state index is 6.17. The largest absolute Gasteiger partial charge is 0.464 e. The fourth-order valence-electron chi connectivity index (χ4n) is 3.46. The molecule has 4 atom stereocenters. The topological polar surface area (TPSA) is 28.4 Å². The fraction of sp³-hybridized carbons (Fsp3) is 0.750. The molecule has 1 aliphatic carbocycles. The van der Waals surface area contributed by atoms with Gasteiger partial charge >= 0.3 is 0 Å². The normalized spacial score (nSPS) is 34.9. The number of rotatable bonds is 5. The lowest BCUT2D eigenvalue weighted by atomic mass is 9.98. The van der Waals surface area contributed by atoms with E-state index in [-0.39, 0.29) is 0 Å². The van der Waals surface area contributed by atoms with Crippen LogP contribution in [0, 0.1) is 11.8 Å². The molecule has 0 spiro atoms. The summed E-state index contributed by atoms with van der Waals surface area (Å²) < 4.78 is 6.17. The van der Waals surface area contributed by atoms with Gasteiger partial charge in [0.1, 0.15) is 11.5 Å². The van der Waals surface area contributed by atoms with Crippen LogP contribution in [0.15, 0.2) is 16.5 Å². The van der Waals surface area contributed by atoms with Gasteiger partial charge in [-0.1, -0.05) is 13.8 Å². The van der Waals surface area contributed by atoms with E-state index in [1.54, 1.807) is 0 Å². The fourth-order valence-corrected chi connectivity index (χ4v) is 3.46. The van der Waals surface area contributed by atoms with E-state index in [1.807, 2.05) is 0 Å². The molecule has 2 fully saturated rings. The lowest BCUT2D eigenvalue weighted by Gasteiger charge is -2.23. The summed E-state index contributed by atoms with van der Waals surface area (Å²) in [5.41, 5.74) is 0. The third-order valence-corrected chi connectivity index (χ3v) is 4.84. The molecule has 1 aromatic rings. The lowest BCUT2D eigenvalue weighted by Crippen LogP contribution is -2.28. The van der Waals surface area contributed by atoms with Gasteiger partial charge in [0.15, 0.2) is 0 Å². The average Bonchev–Trinajstić information content (AvgIpc) is 2.81. The monoisotopic (exact) mass is 262 g/mol. The Balaban J connectivity index is 1.72. The first-order valence-corrected chi connectivity index (χ1v) is 7.71. The molecule has 2 aliphatic rings. The number of nitrogens with one attached hydrogen (secondary N) is 1. The number of furan rings is 1. The van der Waals surface area contributed by atoms with Crippen molar-refractivity contribution in [2.24, 2.45) is 11.8 Å². The van der Waals surface area contributed by atoms with Crippen LogP contribution in [0.1, 0.15) is 50.2 Å². The minimum Gasteiger partial charge on any atom is -0.464 e.